The molecule has 1 aliphatic heterocycles. The fraction of sp³-hybridized carbons (Fsp3) is 0.500. The van der Waals surface area contributed by atoms with Crippen LogP contribution in [0.1, 0.15) is 36.2 Å². The van der Waals surface area contributed by atoms with Crippen LogP contribution < -0.4 is 15.4 Å². The number of halogens is 3. The Morgan fingerprint density at radius 3 is 2.81 bits per heavy atom. The van der Waals surface area contributed by atoms with Crippen LogP contribution in [0.4, 0.5) is 19.0 Å². The Labute approximate surface area is 209 Å². The fourth-order valence-corrected chi connectivity index (χ4v) is 4.93. The third-order valence-corrected chi connectivity index (χ3v) is 6.67. The highest BCUT2D eigenvalue weighted by molar-refractivity contribution is 5.85. The van der Waals surface area contributed by atoms with Crippen LogP contribution in [0.15, 0.2) is 36.5 Å². The number of aromatic nitrogens is 2. The summed E-state index contributed by atoms with van der Waals surface area (Å²) in [6, 6.07) is 8.92. The molecule has 0 saturated heterocycles. The summed E-state index contributed by atoms with van der Waals surface area (Å²) >= 11 is 0. The molecule has 0 aliphatic carbocycles. The van der Waals surface area contributed by atoms with Crippen molar-refractivity contribution in [2.75, 3.05) is 51.9 Å². The number of aromatic amines is 1. The minimum absolute atomic E-state index is 0.211. The Bertz CT molecular complexity index is 1160. The van der Waals surface area contributed by atoms with Crippen molar-refractivity contribution in [3.05, 3.63) is 53.3 Å². The number of aliphatic hydroxyl groups is 1. The number of methoxy groups -OCH3 is 1. The minimum Gasteiger partial charge on any atom is -0.496 e. The van der Waals surface area contributed by atoms with Crippen LogP contribution >= 0.6 is 0 Å². The van der Waals surface area contributed by atoms with Gasteiger partial charge in [0, 0.05) is 53.6 Å². The van der Waals surface area contributed by atoms with Crippen LogP contribution in [0.25, 0.3) is 10.9 Å². The van der Waals surface area contributed by atoms with Crippen molar-refractivity contribution in [3.63, 3.8) is 0 Å². The standard InChI is InChI=1S/C26H34F3N5O2/c1-17-12-19-18-6-3-4-7-21(18)33-24(19)25(34(17)15-26(28,29)16-35)20-14-32-23(13-22(20)36-2)31-11-10-30-9-5-8-27/h3-4,6-7,13-14,17,25,30,33,35H,5,8-12,15-16H2,1-2H3,(H,31,32)/t17-,25?/m1/s1. The van der Waals surface area contributed by atoms with Crippen molar-refractivity contribution in [2.45, 2.75) is 37.8 Å². The van der Waals surface area contributed by atoms with E-state index >= 15 is 0 Å². The van der Waals surface area contributed by atoms with E-state index in [-0.39, 0.29) is 12.7 Å². The van der Waals surface area contributed by atoms with Crippen LogP contribution in [0, 0.1) is 0 Å². The molecule has 2 aromatic heterocycles. The highest BCUT2D eigenvalue weighted by Gasteiger charge is 2.42. The van der Waals surface area contributed by atoms with Crippen molar-refractivity contribution >= 4 is 16.7 Å². The quantitative estimate of drug-likeness (QED) is 0.280. The van der Waals surface area contributed by atoms with Crippen molar-refractivity contribution < 1.29 is 23.0 Å². The molecule has 0 radical (unpaired) electrons. The van der Waals surface area contributed by atoms with Gasteiger partial charge in [0.05, 0.1) is 26.4 Å². The van der Waals surface area contributed by atoms with Gasteiger partial charge in [0.15, 0.2) is 0 Å². The summed E-state index contributed by atoms with van der Waals surface area (Å²) in [7, 11) is 1.55. The molecule has 3 heterocycles. The van der Waals surface area contributed by atoms with Crippen LogP contribution in [0.3, 0.4) is 0 Å². The predicted octanol–water partition coefficient (Wildman–Crippen LogP) is 3.90. The number of nitrogens with zero attached hydrogens (tertiary/aromatic N) is 2. The Balaban J connectivity index is 1.69. The lowest BCUT2D eigenvalue weighted by atomic mass is 9.88. The van der Waals surface area contributed by atoms with Gasteiger partial charge in [-0.3, -0.25) is 9.29 Å². The minimum atomic E-state index is -3.26. The third-order valence-electron chi connectivity index (χ3n) is 6.67. The molecular weight excluding hydrogens is 471 g/mol. The van der Waals surface area contributed by atoms with E-state index in [9.17, 15) is 18.3 Å². The summed E-state index contributed by atoms with van der Waals surface area (Å²) in [5.41, 5.74) is 3.54. The van der Waals surface area contributed by atoms with E-state index in [1.165, 1.54) is 0 Å². The van der Waals surface area contributed by atoms with Gasteiger partial charge in [-0.15, -0.1) is 0 Å². The summed E-state index contributed by atoms with van der Waals surface area (Å²) in [6.07, 6.45) is 2.74. The SMILES string of the molecule is COc1cc(NCCNCCCF)ncc1C1c2[nH]c3ccccc3c2C[C@@H](C)N1CC(F)(F)CO. The second kappa shape index (κ2) is 11.5. The summed E-state index contributed by atoms with van der Waals surface area (Å²) in [5.74, 6) is -2.14. The predicted molar refractivity (Wildman–Crippen MR) is 135 cm³/mol. The fourth-order valence-electron chi connectivity index (χ4n) is 4.93. The highest BCUT2D eigenvalue weighted by atomic mass is 19.3. The summed E-state index contributed by atoms with van der Waals surface area (Å²) in [4.78, 5) is 9.72. The summed E-state index contributed by atoms with van der Waals surface area (Å²) < 4.78 is 46.9. The van der Waals surface area contributed by atoms with Gasteiger partial charge in [-0.25, -0.2) is 13.8 Å². The molecule has 1 unspecified atom stereocenters. The molecule has 1 aromatic carbocycles. The average Bonchev–Trinajstić information content (AvgIpc) is 3.24. The van der Waals surface area contributed by atoms with Gasteiger partial charge in [-0.1, -0.05) is 18.2 Å². The van der Waals surface area contributed by atoms with Crippen molar-refractivity contribution in [2.24, 2.45) is 0 Å². The van der Waals surface area contributed by atoms with Crippen molar-refractivity contribution in [1.82, 2.24) is 20.2 Å². The number of fused-ring (bicyclic) bond motifs is 3. The monoisotopic (exact) mass is 505 g/mol. The molecule has 4 rings (SSSR count). The Kier molecular flexibility index (Phi) is 8.38. The third kappa shape index (κ3) is 5.61. The molecule has 7 nitrogen and oxygen atoms in total. The number of para-hydroxylation sites is 1. The number of rotatable bonds is 12. The maximum absolute atomic E-state index is 14.5. The van der Waals surface area contributed by atoms with Gasteiger partial charge < -0.3 is 25.5 Å². The molecule has 2 atom stereocenters. The first-order valence-corrected chi connectivity index (χ1v) is 12.3. The zero-order valence-corrected chi connectivity index (χ0v) is 20.7. The lowest BCUT2D eigenvalue weighted by molar-refractivity contribution is -0.0866. The number of anilines is 1. The Morgan fingerprint density at radius 1 is 1.25 bits per heavy atom. The van der Waals surface area contributed by atoms with Crippen LogP contribution in [0.5, 0.6) is 5.75 Å². The average molecular weight is 506 g/mol. The first-order valence-electron chi connectivity index (χ1n) is 12.3. The van der Waals surface area contributed by atoms with Gasteiger partial charge in [0.25, 0.3) is 5.92 Å². The largest absolute Gasteiger partial charge is 0.496 e. The molecule has 0 saturated carbocycles. The van der Waals surface area contributed by atoms with Gasteiger partial charge in [0.2, 0.25) is 0 Å². The van der Waals surface area contributed by atoms with Crippen LogP contribution in [-0.2, 0) is 6.42 Å². The van der Waals surface area contributed by atoms with Gasteiger partial charge in [-0.05, 0) is 37.9 Å². The molecule has 1 aliphatic rings. The number of ether oxygens (including phenoxy) is 1. The number of pyridine rings is 1. The van der Waals surface area contributed by atoms with Crippen LogP contribution in [-0.4, -0.2) is 78.5 Å². The first-order chi connectivity index (χ1) is 17.4. The van der Waals surface area contributed by atoms with Crippen molar-refractivity contribution in [3.8, 4) is 5.75 Å². The zero-order chi connectivity index (χ0) is 25.7. The number of benzene rings is 1. The van der Waals surface area contributed by atoms with Gasteiger partial charge in [-0.2, -0.15) is 0 Å². The van der Waals surface area contributed by atoms with Gasteiger partial charge >= 0.3 is 0 Å². The maximum atomic E-state index is 14.5. The lowest BCUT2D eigenvalue weighted by Gasteiger charge is -2.42. The van der Waals surface area contributed by atoms with E-state index in [1.807, 2.05) is 31.2 Å². The van der Waals surface area contributed by atoms with Crippen molar-refractivity contribution in [1.29, 1.82) is 0 Å². The van der Waals surface area contributed by atoms with E-state index in [1.54, 1.807) is 24.3 Å². The molecule has 0 fully saturated rings. The number of H-pyrrole nitrogens is 1. The summed E-state index contributed by atoms with van der Waals surface area (Å²) in [6.45, 7) is 1.60. The van der Waals surface area contributed by atoms with E-state index in [4.69, 9.17) is 4.74 Å². The number of aliphatic hydroxyl groups excluding tert-OH is 1. The number of alkyl halides is 3. The molecule has 10 heteroatoms. The highest BCUT2D eigenvalue weighted by Crippen LogP contribution is 2.44. The Morgan fingerprint density at radius 2 is 2.06 bits per heavy atom. The molecule has 0 amide bonds. The Hall–Kier alpha value is -2.82. The zero-order valence-electron chi connectivity index (χ0n) is 20.7. The maximum Gasteiger partial charge on any atom is 0.283 e. The first kappa shape index (κ1) is 26.2. The smallest absolute Gasteiger partial charge is 0.283 e. The molecular formula is C26H34F3N5O2. The van der Waals surface area contributed by atoms with E-state index in [0.29, 0.717) is 49.6 Å². The number of nitrogens with one attached hydrogen (secondary N) is 3. The van der Waals surface area contributed by atoms with E-state index in [0.717, 1.165) is 22.2 Å². The molecule has 3 aromatic rings. The normalized spacial score (nSPS) is 18.4. The molecule has 36 heavy (non-hydrogen) atoms. The number of hydrogen-bond acceptors (Lipinski definition) is 6. The number of hydrogen-bond donors (Lipinski definition) is 4. The summed E-state index contributed by atoms with van der Waals surface area (Å²) in [5, 5.41) is 16.7. The second-order valence-corrected chi connectivity index (χ2v) is 9.24. The topological polar surface area (TPSA) is 85.4 Å². The molecule has 4 N–H and O–H groups in total. The van der Waals surface area contributed by atoms with Gasteiger partial charge in [0.1, 0.15) is 18.2 Å². The molecule has 196 valence electrons. The lowest BCUT2D eigenvalue weighted by Crippen LogP contribution is -2.49. The molecule has 0 bridgehead atoms. The van der Waals surface area contributed by atoms with E-state index < -0.39 is 25.1 Å². The van der Waals surface area contributed by atoms with Crippen LogP contribution in [0.2, 0.25) is 0 Å². The molecule has 0 spiro atoms. The van der Waals surface area contributed by atoms with E-state index in [2.05, 4.69) is 20.6 Å². The second-order valence-electron chi connectivity index (χ2n) is 9.24.